The Kier molecular flexibility index (Phi) is 2.78. The third kappa shape index (κ3) is 1.99. The lowest BCUT2D eigenvalue weighted by Crippen LogP contribution is -2.04. The van der Waals surface area contributed by atoms with Crippen LogP contribution >= 0.6 is 0 Å². The number of nitrogens with two attached hydrogens (primary N) is 1. The maximum absolute atomic E-state index is 5.99. The van der Waals surface area contributed by atoms with E-state index in [0.29, 0.717) is 0 Å². The van der Waals surface area contributed by atoms with Crippen molar-refractivity contribution in [3.63, 3.8) is 0 Å². The van der Waals surface area contributed by atoms with Crippen molar-refractivity contribution < 1.29 is 0 Å². The maximum Gasteiger partial charge on any atom is 0.0645 e. The summed E-state index contributed by atoms with van der Waals surface area (Å²) in [5, 5.41) is 5.60. The molecule has 0 spiro atoms. The Labute approximate surface area is 112 Å². The number of aromatic nitrogens is 3. The second kappa shape index (κ2) is 4.46. The Morgan fingerprint density at radius 2 is 2.11 bits per heavy atom. The molecule has 0 aliphatic carbocycles. The standard InChI is InChI=1S/C15H18N4/c1-3-11-9-12(18(2)17-11)10-19-8-7-13-14(16)5-4-6-15(13)19/h4-9H,3,10,16H2,1-2H3. The van der Waals surface area contributed by atoms with Gasteiger partial charge < -0.3 is 10.3 Å². The molecule has 98 valence electrons. The largest absolute Gasteiger partial charge is 0.398 e. The zero-order valence-electron chi connectivity index (χ0n) is 11.3. The minimum absolute atomic E-state index is 0.816. The monoisotopic (exact) mass is 254 g/mol. The zero-order valence-corrected chi connectivity index (χ0v) is 11.3. The highest BCUT2D eigenvalue weighted by Gasteiger charge is 2.07. The van der Waals surface area contributed by atoms with Crippen molar-refractivity contribution in [2.24, 2.45) is 7.05 Å². The third-order valence-electron chi connectivity index (χ3n) is 3.57. The molecule has 2 aromatic heterocycles. The van der Waals surface area contributed by atoms with E-state index in [9.17, 15) is 0 Å². The van der Waals surface area contributed by atoms with Gasteiger partial charge in [-0.25, -0.2) is 0 Å². The Bertz CT molecular complexity index is 721. The molecule has 4 heteroatoms. The van der Waals surface area contributed by atoms with Crippen LogP contribution in [0.1, 0.15) is 18.3 Å². The number of anilines is 1. The molecule has 2 N–H and O–H groups in total. The topological polar surface area (TPSA) is 48.8 Å². The highest BCUT2D eigenvalue weighted by atomic mass is 15.3. The van der Waals surface area contributed by atoms with Crippen LogP contribution in [0.25, 0.3) is 10.9 Å². The van der Waals surface area contributed by atoms with Crippen molar-refractivity contribution in [1.29, 1.82) is 0 Å². The number of hydrogen-bond donors (Lipinski definition) is 1. The summed E-state index contributed by atoms with van der Waals surface area (Å²) in [5.74, 6) is 0. The van der Waals surface area contributed by atoms with Crippen molar-refractivity contribution in [2.45, 2.75) is 19.9 Å². The van der Waals surface area contributed by atoms with Crippen molar-refractivity contribution >= 4 is 16.6 Å². The molecule has 0 unspecified atom stereocenters. The van der Waals surface area contributed by atoms with Gasteiger partial charge in [0, 0.05) is 24.3 Å². The molecule has 0 aliphatic rings. The molecule has 0 atom stereocenters. The van der Waals surface area contributed by atoms with Gasteiger partial charge in [-0.2, -0.15) is 5.10 Å². The summed E-state index contributed by atoms with van der Waals surface area (Å²) in [7, 11) is 1.99. The molecule has 0 radical (unpaired) electrons. The summed E-state index contributed by atoms with van der Waals surface area (Å²) in [6.45, 7) is 2.94. The summed E-state index contributed by atoms with van der Waals surface area (Å²) in [6, 6.07) is 10.3. The van der Waals surface area contributed by atoms with Gasteiger partial charge in [-0.1, -0.05) is 13.0 Å². The van der Waals surface area contributed by atoms with E-state index >= 15 is 0 Å². The summed E-state index contributed by atoms with van der Waals surface area (Å²) in [4.78, 5) is 0. The Morgan fingerprint density at radius 3 is 2.84 bits per heavy atom. The molecule has 19 heavy (non-hydrogen) atoms. The lowest BCUT2D eigenvalue weighted by molar-refractivity contribution is 0.669. The average Bonchev–Trinajstić information content (AvgIpc) is 2.96. The molecule has 0 saturated carbocycles. The molecule has 0 aliphatic heterocycles. The van der Waals surface area contributed by atoms with Crippen LogP contribution < -0.4 is 5.73 Å². The van der Waals surface area contributed by atoms with Gasteiger partial charge in [0.1, 0.15) is 0 Å². The van der Waals surface area contributed by atoms with E-state index in [2.05, 4.69) is 41.0 Å². The normalized spacial score (nSPS) is 11.3. The number of fused-ring (bicyclic) bond motifs is 1. The second-order valence-corrected chi connectivity index (χ2v) is 4.83. The van der Waals surface area contributed by atoms with Crippen LogP contribution in [0, 0.1) is 0 Å². The van der Waals surface area contributed by atoms with Gasteiger partial charge in [-0.3, -0.25) is 4.68 Å². The number of aryl methyl sites for hydroxylation is 2. The predicted octanol–water partition coefficient (Wildman–Crippen LogP) is 2.57. The molecular weight excluding hydrogens is 236 g/mol. The highest BCUT2D eigenvalue weighted by Crippen LogP contribution is 2.22. The van der Waals surface area contributed by atoms with Gasteiger partial charge in [0.05, 0.1) is 23.4 Å². The highest BCUT2D eigenvalue weighted by molar-refractivity contribution is 5.91. The van der Waals surface area contributed by atoms with Crippen LogP contribution in [-0.2, 0) is 20.0 Å². The van der Waals surface area contributed by atoms with Crippen molar-refractivity contribution in [2.75, 3.05) is 5.73 Å². The fraction of sp³-hybridized carbons (Fsp3) is 0.267. The molecule has 0 amide bonds. The van der Waals surface area contributed by atoms with Crippen molar-refractivity contribution in [3.8, 4) is 0 Å². The summed E-state index contributed by atoms with van der Waals surface area (Å²) < 4.78 is 4.17. The molecule has 4 nitrogen and oxygen atoms in total. The Hall–Kier alpha value is -2.23. The number of benzene rings is 1. The van der Waals surface area contributed by atoms with Crippen LogP contribution in [-0.4, -0.2) is 14.3 Å². The average molecular weight is 254 g/mol. The quantitative estimate of drug-likeness (QED) is 0.730. The van der Waals surface area contributed by atoms with E-state index in [1.54, 1.807) is 0 Å². The summed E-state index contributed by atoms with van der Waals surface area (Å²) in [6.07, 6.45) is 3.05. The van der Waals surface area contributed by atoms with E-state index in [-0.39, 0.29) is 0 Å². The molecular formula is C15H18N4. The van der Waals surface area contributed by atoms with Gasteiger partial charge in [0.2, 0.25) is 0 Å². The van der Waals surface area contributed by atoms with Gasteiger partial charge in [0.25, 0.3) is 0 Å². The molecule has 1 aromatic carbocycles. The van der Waals surface area contributed by atoms with Crippen LogP contribution in [0.3, 0.4) is 0 Å². The first kappa shape index (κ1) is 11.8. The number of hydrogen-bond acceptors (Lipinski definition) is 2. The van der Waals surface area contributed by atoms with Crippen LogP contribution in [0.2, 0.25) is 0 Å². The molecule has 3 aromatic rings. The molecule has 3 rings (SSSR count). The zero-order chi connectivity index (χ0) is 13.4. The van der Waals surface area contributed by atoms with Gasteiger partial charge >= 0.3 is 0 Å². The van der Waals surface area contributed by atoms with Gasteiger partial charge in [-0.15, -0.1) is 0 Å². The van der Waals surface area contributed by atoms with E-state index in [1.165, 1.54) is 11.2 Å². The minimum atomic E-state index is 0.816. The smallest absolute Gasteiger partial charge is 0.0645 e. The Balaban J connectivity index is 2.01. The fourth-order valence-electron chi connectivity index (χ4n) is 2.45. The lowest BCUT2D eigenvalue weighted by Gasteiger charge is -2.06. The van der Waals surface area contributed by atoms with E-state index in [4.69, 9.17) is 5.73 Å². The van der Waals surface area contributed by atoms with Gasteiger partial charge in [0.15, 0.2) is 0 Å². The van der Waals surface area contributed by atoms with Crippen molar-refractivity contribution in [1.82, 2.24) is 14.3 Å². The minimum Gasteiger partial charge on any atom is -0.398 e. The van der Waals surface area contributed by atoms with E-state index < -0.39 is 0 Å². The fourth-order valence-corrected chi connectivity index (χ4v) is 2.45. The number of nitrogens with zero attached hydrogens (tertiary/aromatic N) is 3. The first-order chi connectivity index (χ1) is 9.19. The summed E-state index contributed by atoms with van der Waals surface area (Å²) >= 11 is 0. The van der Waals surface area contributed by atoms with Crippen molar-refractivity contribution in [3.05, 3.63) is 47.9 Å². The number of nitrogen functional groups attached to an aromatic ring is 1. The number of rotatable bonds is 3. The molecule has 0 saturated heterocycles. The molecule has 0 bridgehead atoms. The first-order valence-corrected chi connectivity index (χ1v) is 6.54. The van der Waals surface area contributed by atoms with Crippen LogP contribution in [0.4, 0.5) is 5.69 Å². The first-order valence-electron chi connectivity index (χ1n) is 6.54. The van der Waals surface area contributed by atoms with Gasteiger partial charge in [-0.05, 0) is 30.7 Å². The van der Waals surface area contributed by atoms with E-state index in [1.807, 2.05) is 23.9 Å². The maximum atomic E-state index is 5.99. The summed E-state index contributed by atoms with van der Waals surface area (Å²) in [5.41, 5.74) is 10.3. The third-order valence-corrected chi connectivity index (χ3v) is 3.57. The van der Waals surface area contributed by atoms with Crippen LogP contribution in [0.5, 0.6) is 0 Å². The lowest BCUT2D eigenvalue weighted by atomic mass is 10.2. The SMILES string of the molecule is CCc1cc(Cn2ccc3c(N)cccc32)n(C)n1. The Morgan fingerprint density at radius 1 is 1.26 bits per heavy atom. The molecule has 2 heterocycles. The van der Waals surface area contributed by atoms with Crippen LogP contribution in [0.15, 0.2) is 36.5 Å². The second-order valence-electron chi connectivity index (χ2n) is 4.83. The predicted molar refractivity (Wildman–Crippen MR) is 78.0 cm³/mol. The van der Waals surface area contributed by atoms with E-state index in [0.717, 1.165) is 29.7 Å². The molecule has 0 fully saturated rings.